The van der Waals surface area contributed by atoms with E-state index in [0.29, 0.717) is 40.7 Å². The van der Waals surface area contributed by atoms with Gasteiger partial charge >= 0.3 is 11.9 Å². The lowest BCUT2D eigenvalue weighted by atomic mass is 10.1. The molecule has 0 aromatic heterocycles. The number of hydrogen-bond acceptors (Lipinski definition) is 9. The van der Waals surface area contributed by atoms with Crippen LogP contribution in [-0.4, -0.2) is 31.4 Å². The third-order valence-electron chi connectivity index (χ3n) is 9.32. The molecule has 302 valence electrons. The third-order valence-corrected chi connectivity index (χ3v) is 9.32. The van der Waals surface area contributed by atoms with Crippen molar-refractivity contribution in [3.8, 4) is 23.0 Å². The Labute approximate surface area is 343 Å². The minimum absolute atomic E-state index is 0.310. The number of carbonyl (C=O) groups excluding carboxylic acids is 2. The first-order valence-electron chi connectivity index (χ1n) is 20.6. The molecule has 5 aromatic rings. The van der Waals surface area contributed by atoms with Crippen LogP contribution in [0.15, 0.2) is 137 Å². The van der Waals surface area contributed by atoms with Crippen LogP contribution in [0.1, 0.15) is 117 Å². The van der Waals surface area contributed by atoms with Gasteiger partial charge in [0.05, 0.1) is 41.4 Å². The van der Waals surface area contributed by atoms with Crippen LogP contribution >= 0.6 is 0 Å². The predicted octanol–water partition coefficient (Wildman–Crippen LogP) is 13.8. The number of rotatable bonds is 24. The number of ether oxygens (including phenoxy) is 4. The summed E-state index contributed by atoms with van der Waals surface area (Å²) in [5.74, 6) is 1.18. The summed E-state index contributed by atoms with van der Waals surface area (Å²) < 4.78 is 22.7. The zero-order valence-corrected chi connectivity index (χ0v) is 33.8. The average Bonchev–Trinajstić information content (AvgIpc) is 3.25. The van der Waals surface area contributed by atoms with Gasteiger partial charge in [0.25, 0.3) is 0 Å². The van der Waals surface area contributed by atoms with Gasteiger partial charge < -0.3 is 18.9 Å². The van der Waals surface area contributed by atoms with Crippen molar-refractivity contribution in [3.05, 3.63) is 138 Å². The van der Waals surface area contributed by atoms with Crippen LogP contribution < -0.4 is 18.9 Å². The van der Waals surface area contributed by atoms with Crippen molar-refractivity contribution in [2.45, 2.75) is 90.9 Å². The Morgan fingerprint density at radius 3 is 1.48 bits per heavy atom. The number of benzene rings is 5. The van der Waals surface area contributed by atoms with Crippen molar-refractivity contribution < 1.29 is 28.5 Å². The van der Waals surface area contributed by atoms with E-state index in [4.69, 9.17) is 18.9 Å². The summed E-state index contributed by atoms with van der Waals surface area (Å²) in [6.07, 6.45) is 16.8. The quantitative estimate of drug-likeness (QED) is 0.0203. The maximum Gasteiger partial charge on any atom is 0.343 e. The van der Waals surface area contributed by atoms with Gasteiger partial charge in [0.2, 0.25) is 0 Å². The van der Waals surface area contributed by atoms with E-state index in [2.05, 4.69) is 29.1 Å². The van der Waals surface area contributed by atoms with Gasteiger partial charge in [0.15, 0.2) is 0 Å². The summed E-state index contributed by atoms with van der Waals surface area (Å²) in [6, 6.07) is 35.2. The minimum atomic E-state index is -0.542. The first-order chi connectivity index (χ1) is 28.5. The Bertz CT molecular complexity index is 2030. The molecule has 0 aliphatic rings. The molecule has 58 heavy (non-hydrogen) atoms. The highest BCUT2D eigenvalue weighted by atomic mass is 16.5. The number of hydrogen-bond donors (Lipinski definition) is 0. The molecule has 0 N–H and O–H groups in total. The maximum absolute atomic E-state index is 12.9. The van der Waals surface area contributed by atoms with E-state index >= 15 is 0 Å². The van der Waals surface area contributed by atoms with Gasteiger partial charge in [0, 0.05) is 6.21 Å². The lowest BCUT2D eigenvalue weighted by Crippen LogP contribution is -2.10. The van der Waals surface area contributed by atoms with E-state index in [9.17, 15) is 9.59 Å². The normalized spacial score (nSPS) is 11.2. The molecule has 0 saturated carbocycles. The topological polar surface area (TPSA) is 108 Å². The third kappa shape index (κ3) is 15.4. The molecule has 0 unspecified atom stereocenters. The van der Waals surface area contributed by atoms with E-state index in [0.717, 1.165) is 48.6 Å². The van der Waals surface area contributed by atoms with Crippen LogP contribution in [0.25, 0.3) is 0 Å². The molecule has 0 aliphatic heterocycles. The molecule has 9 nitrogen and oxygen atoms in total. The number of esters is 2. The Hall–Kier alpha value is -6.09. The summed E-state index contributed by atoms with van der Waals surface area (Å²) in [5.41, 5.74) is 3.65. The fraction of sp³-hybridized carbons (Fsp3) is 0.327. The van der Waals surface area contributed by atoms with Crippen LogP contribution in [0.5, 0.6) is 23.0 Å². The number of unbranched alkanes of at least 4 members (excludes halogenated alkanes) is 10. The zero-order chi connectivity index (χ0) is 40.6. The highest BCUT2D eigenvalue weighted by Crippen LogP contribution is 2.25. The molecular formula is C49H55N3O6. The van der Waals surface area contributed by atoms with E-state index in [1.54, 1.807) is 72.9 Å². The number of nitrogens with zero attached hydrogens (tertiary/aromatic N) is 3. The summed E-state index contributed by atoms with van der Waals surface area (Å²) in [6.45, 7) is 5.72. The molecule has 0 bridgehead atoms. The van der Waals surface area contributed by atoms with Crippen LogP contribution in [0.4, 0.5) is 17.1 Å². The van der Waals surface area contributed by atoms with Crippen molar-refractivity contribution in [3.63, 3.8) is 0 Å². The molecule has 5 aromatic carbocycles. The van der Waals surface area contributed by atoms with Crippen molar-refractivity contribution in [2.75, 3.05) is 13.2 Å². The van der Waals surface area contributed by atoms with E-state index in [1.165, 1.54) is 57.8 Å². The Morgan fingerprint density at radius 2 is 0.914 bits per heavy atom. The minimum Gasteiger partial charge on any atom is -0.494 e. The lowest BCUT2D eigenvalue weighted by Gasteiger charge is -2.08. The molecule has 0 aliphatic carbocycles. The van der Waals surface area contributed by atoms with Gasteiger partial charge in [-0.3, -0.25) is 4.99 Å². The van der Waals surface area contributed by atoms with Gasteiger partial charge in [-0.05, 0) is 128 Å². The van der Waals surface area contributed by atoms with Gasteiger partial charge in [-0.1, -0.05) is 90.2 Å². The molecule has 0 heterocycles. The van der Waals surface area contributed by atoms with E-state index in [1.807, 2.05) is 54.6 Å². The van der Waals surface area contributed by atoms with Crippen LogP contribution in [0, 0.1) is 0 Å². The Balaban J connectivity index is 1.02. The summed E-state index contributed by atoms with van der Waals surface area (Å²) in [5, 5.41) is 8.72. The first-order valence-corrected chi connectivity index (χ1v) is 20.6. The SMILES string of the molecule is CCCCCCCCCCCCOc1ccc(N=Nc2ccc(N=Cc3cccc(OC(=O)c4ccc(OC(=O)c5ccc(OCCCC)cc5)cc4)c3)cc2)cc1. The standard InChI is InChI=1S/C49H55N3O6/c1-3-5-7-8-9-10-11-12-13-14-35-56-45-32-26-43(27-33-45)52-51-42-24-22-41(23-25-42)50-37-38-16-15-17-47(36-38)58-49(54)40-20-30-46(31-21-40)57-48(53)39-18-28-44(29-19-39)55-34-6-4-2/h15-33,36-37H,3-14,34-35H2,1-2H3. The van der Waals surface area contributed by atoms with Crippen LogP contribution in [0.3, 0.4) is 0 Å². The first kappa shape index (κ1) is 43.0. The second kappa shape index (κ2) is 24.5. The largest absolute Gasteiger partial charge is 0.494 e. The zero-order valence-electron chi connectivity index (χ0n) is 33.8. The monoisotopic (exact) mass is 781 g/mol. The second-order valence-electron chi connectivity index (χ2n) is 14.1. The van der Waals surface area contributed by atoms with E-state index < -0.39 is 11.9 Å². The van der Waals surface area contributed by atoms with Crippen LogP contribution in [-0.2, 0) is 0 Å². The summed E-state index contributed by atoms with van der Waals surface area (Å²) in [7, 11) is 0. The average molecular weight is 782 g/mol. The van der Waals surface area contributed by atoms with Gasteiger partial charge in [0.1, 0.15) is 23.0 Å². The number of azo groups is 1. The molecule has 9 heteroatoms. The Morgan fingerprint density at radius 1 is 0.466 bits per heavy atom. The molecular weight excluding hydrogens is 727 g/mol. The summed E-state index contributed by atoms with van der Waals surface area (Å²) >= 11 is 0. The smallest absolute Gasteiger partial charge is 0.343 e. The molecule has 0 atom stereocenters. The van der Waals surface area contributed by atoms with Crippen molar-refractivity contribution in [2.24, 2.45) is 15.2 Å². The molecule has 0 amide bonds. The van der Waals surface area contributed by atoms with Gasteiger partial charge in [-0.15, -0.1) is 0 Å². The van der Waals surface area contributed by atoms with Gasteiger partial charge in [-0.2, -0.15) is 10.2 Å². The highest BCUT2D eigenvalue weighted by Gasteiger charge is 2.12. The lowest BCUT2D eigenvalue weighted by molar-refractivity contribution is 0.0730. The number of carbonyl (C=O) groups is 2. The second-order valence-corrected chi connectivity index (χ2v) is 14.1. The highest BCUT2D eigenvalue weighted by molar-refractivity contribution is 5.93. The van der Waals surface area contributed by atoms with Crippen molar-refractivity contribution >= 4 is 35.2 Å². The van der Waals surface area contributed by atoms with Crippen molar-refractivity contribution in [1.29, 1.82) is 0 Å². The van der Waals surface area contributed by atoms with Crippen molar-refractivity contribution in [1.82, 2.24) is 0 Å². The molecule has 0 spiro atoms. The van der Waals surface area contributed by atoms with Gasteiger partial charge in [-0.25, -0.2) is 9.59 Å². The molecule has 0 fully saturated rings. The Kier molecular flexibility index (Phi) is 18.2. The number of aliphatic imine (C=N–C) groups is 1. The maximum atomic E-state index is 12.9. The fourth-order valence-electron chi connectivity index (χ4n) is 5.93. The fourth-order valence-corrected chi connectivity index (χ4v) is 5.93. The molecule has 0 radical (unpaired) electrons. The molecule has 5 rings (SSSR count). The van der Waals surface area contributed by atoms with E-state index in [-0.39, 0.29) is 0 Å². The summed E-state index contributed by atoms with van der Waals surface area (Å²) in [4.78, 5) is 30.1. The predicted molar refractivity (Wildman–Crippen MR) is 231 cm³/mol. The molecule has 0 saturated heterocycles. The van der Waals surface area contributed by atoms with Crippen LogP contribution in [0.2, 0.25) is 0 Å².